The first-order chi connectivity index (χ1) is 25.0. The molecule has 11 heteroatoms. The van der Waals surface area contributed by atoms with Crippen LogP contribution in [0.1, 0.15) is 85.5 Å². The molecule has 1 saturated carbocycles. The van der Waals surface area contributed by atoms with Crippen LogP contribution in [0.25, 0.3) is 0 Å². The second kappa shape index (κ2) is 17.4. The van der Waals surface area contributed by atoms with Crippen LogP contribution in [-0.4, -0.2) is 120 Å². The number of hydrogen-bond donors (Lipinski definition) is 0. The average molecular weight is 732 g/mol. The Labute approximate surface area is 311 Å². The van der Waals surface area contributed by atoms with Gasteiger partial charge in [0.15, 0.2) is 18.4 Å². The number of Topliss-reactive ketones (excluding diaryl/α,β-unsaturated/α-hetero) is 1. The first kappa shape index (κ1) is 40.0. The average Bonchev–Trinajstić information content (AvgIpc) is 3.70. The van der Waals surface area contributed by atoms with Crippen molar-refractivity contribution in [2.75, 3.05) is 35.4 Å². The maximum absolute atomic E-state index is 14.7. The molecule has 4 fully saturated rings. The number of ether oxygens (including phenoxy) is 8. The van der Waals surface area contributed by atoms with E-state index in [0.717, 1.165) is 50.5 Å². The van der Waals surface area contributed by atoms with Crippen LogP contribution in [0.2, 0.25) is 0 Å². The first-order valence-electron chi connectivity index (χ1n) is 20.0. The molecule has 11 nitrogen and oxygen atoms in total. The van der Waals surface area contributed by atoms with Gasteiger partial charge < -0.3 is 42.8 Å². The van der Waals surface area contributed by atoms with Gasteiger partial charge >= 0.3 is 5.97 Å². The van der Waals surface area contributed by atoms with Gasteiger partial charge in [0.2, 0.25) is 0 Å². The fourth-order valence-corrected chi connectivity index (χ4v) is 10.4. The number of esters is 1. The number of allylic oxidation sites excluding steroid dienone is 4. The first-order valence-corrected chi connectivity index (χ1v) is 20.0. The number of methoxy groups -OCH3 is 3. The highest BCUT2D eigenvalue weighted by Gasteiger charge is 2.52. The molecule has 52 heavy (non-hydrogen) atoms. The van der Waals surface area contributed by atoms with Gasteiger partial charge in [0.1, 0.15) is 24.4 Å². The van der Waals surface area contributed by atoms with Crippen LogP contribution in [0.15, 0.2) is 23.8 Å². The van der Waals surface area contributed by atoms with Gasteiger partial charge in [-0.3, -0.25) is 9.59 Å². The van der Waals surface area contributed by atoms with Gasteiger partial charge in [-0.15, -0.1) is 0 Å². The Bertz CT molecular complexity index is 1290. The highest BCUT2D eigenvalue weighted by molar-refractivity contribution is 5.99. The summed E-state index contributed by atoms with van der Waals surface area (Å²) in [6.45, 7) is 8.17. The molecule has 6 aliphatic rings. The number of fused-ring (bicyclic) bond motifs is 5. The summed E-state index contributed by atoms with van der Waals surface area (Å²) in [4.78, 5) is 30.4. The largest absolute Gasteiger partial charge is 0.462 e. The lowest BCUT2D eigenvalue weighted by Gasteiger charge is -2.44. The zero-order valence-electron chi connectivity index (χ0n) is 32.9. The Morgan fingerprint density at radius 3 is 2.25 bits per heavy atom. The molecule has 0 radical (unpaired) electrons. The van der Waals surface area contributed by atoms with Crippen molar-refractivity contribution in [3.8, 4) is 0 Å². The zero-order valence-corrected chi connectivity index (χ0v) is 32.9. The summed E-state index contributed by atoms with van der Waals surface area (Å²) < 4.78 is 49.5. The molecule has 0 N–H and O–H groups in total. The minimum absolute atomic E-state index is 0.0380. The maximum Gasteiger partial charge on any atom is 0.306 e. The van der Waals surface area contributed by atoms with Gasteiger partial charge in [-0.2, -0.15) is 0 Å². The van der Waals surface area contributed by atoms with E-state index in [4.69, 9.17) is 37.9 Å². The summed E-state index contributed by atoms with van der Waals surface area (Å²) in [6.07, 6.45) is 10.8. The lowest BCUT2D eigenvalue weighted by molar-refractivity contribution is -0.314. The van der Waals surface area contributed by atoms with Crippen LogP contribution < -0.4 is 0 Å². The second-order valence-corrected chi connectivity index (χ2v) is 16.5. The van der Waals surface area contributed by atoms with E-state index in [-0.39, 0.29) is 96.8 Å². The summed E-state index contributed by atoms with van der Waals surface area (Å²) in [5, 5.41) is 0. The molecule has 0 bridgehead atoms. The lowest BCUT2D eigenvalue weighted by atomic mass is 9.70. The lowest BCUT2D eigenvalue weighted by Crippen LogP contribution is -2.59. The van der Waals surface area contributed by atoms with E-state index in [1.54, 1.807) is 21.3 Å². The molecular weight excluding hydrogens is 666 g/mol. The highest BCUT2D eigenvalue weighted by Crippen LogP contribution is 2.54. The van der Waals surface area contributed by atoms with E-state index in [1.807, 2.05) is 13.8 Å². The van der Waals surface area contributed by atoms with Crippen LogP contribution in [0, 0.1) is 35.5 Å². The third-order valence-electron chi connectivity index (χ3n) is 13.3. The van der Waals surface area contributed by atoms with Crippen LogP contribution in [0.4, 0.5) is 0 Å². The Morgan fingerprint density at radius 1 is 0.827 bits per heavy atom. The van der Waals surface area contributed by atoms with E-state index in [2.05, 4.69) is 51.1 Å². The van der Waals surface area contributed by atoms with Crippen molar-refractivity contribution in [1.82, 2.24) is 4.90 Å². The zero-order chi connectivity index (χ0) is 37.3. The fraction of sp³-hybridized carbons (Fsp3) is 0.854. The highest BCUT2D eigenvalue weighted by atomic mass is 16.7. The molecule has 17 atom stereocenters. The predicted octanol–water partition coefficient (Wildman–Crippen LogP) is 5.49. The van der Waals surface area contributed by atoms with E-state index < -0.39 is 12.4 Å². The van der Waals surface area contributed by atoms with Crippen LogP contribution in [0.5, 0.6) is 0 Å². The van der Waals surface area contributed by atoms with Crippen molar-refractivity contribution < 1.29 is 47.5 Å². The number of hydrogen-bond acceptors (Lipinski definition) is 11. The molecule has 0 spiro atoms. The van der Waals surface area contributed by atoms with Gasteiger partial charge in [0.25, 0.3) is 0 Å². The Balaban J connectivity index is 1.20. The van der Waals surface area contributed by atoms with Crippen LogP contribution in [0.3, 0.4) is 0 Å². The molecule has 6 rings (SSSR count). The molecule has 3 aliphatic heterocycles. The number of rotatable bonds is 9. The molecule has 0 unspecified atom stereocenters. The monoisotopic (exact) mass is 731 g/mol. The second-order valence-electron chi connectivity index (χ2n) is 16.5. The molecule has 3 heterocycles. The Kier molecular flexibility index (Phi) is 13.4. The van der Waals surface area contributed by atoms with Crippen molar-refractivity contribution >= 4 is 11.8 Å². The molecular formula is C41H65NO10. The molecule has 0 amide bonds. The Hall–Kier alpha value is -1.70. The summed E-state index contributed by atoms with van der Waals surface area (Å²) in [6, 6.07) is 0.339. The van der Waals surface area contributed by atoms with Gasteiger partial charge in [-0.05, 0) is 109 Å². The number of carbonyl (C=O) groups is 2. The Morgan fingerprint density at radius 2 is 1.58 bits per heavy atom. The van der Waals surface area contributed by atoms with E-state index in [9.17, 15) is 9.59 Å². The van der Waals surface area contributed by atoms with Crippen molar-refractivity contribution in [2.45, 2.75) is 153 Å². The third kappa shape index (κ3) is 8.27. The molecule has 0 aromatic carbocycles. The van der Waals surface area contributed by atoms with Crippen molar-refractivity contribution in [1.29, 1.82) is 0 Å². The normalized spacial score (nSPS) is 45.7. The number of likely N-dealkylation sites (N-methyl/N-ethyl adjacent to an activating group) is 1. The van der Waals surface area contributed by atoms with Crippen LogP contribution in [-0.2, 0) is 47.5 Å². The van der Waals surface area contributed by atoms with Gasteiger partial charge in [-0.1, -0.05) is 32.1 Å². The molecule has 0 aromatic heterocycles. The summed E-state index contributed by atoms with van der Waals surface area (Å²) in [5.41, 5.74) is 0.763. The van der Waals surface area contributed by atoms with Gasteiger partial charge in [-0.25, -0.2) is 0 Å². The number of ketones is 1. The fourth-order valence-electron chi connectivity index (χ4n) is 10.4. The summed E-state index contributed by atoms with van der Waals surface area (Å²) in [7, 11) is 9.15. The van der Waals surface area contributed by atoms with E-state index in [0.29, 0.717) is 18.4 Å². The topological polar surface area (TPSA) is 111 Å². The maximum atomic E-state index is 14.7. The van der Waals surface area contributed by atoms with Crippen molar-refractivity contribution in [3.05, 3.63) is 23.8 Å². The van der Waals surface area contributed by atoms with Gasteiger partial charge in [0.05, 0.1) is 30.8 Å². The van der Waals surface area contributed by atoms with E-state index >= 15 is 0 Å². The van der Waals surface area contributed by atoms with E-state index in [1.165, 1.54) is 0 Å². The summed E-state index contributed by atoms with van der Waals surface area (Å²) in [5.74, 6) is 0.0198. The SMILES string of the molecule is CC[C@@H]1CCC[C@H](O[C@@H]2CC[C@H](N(C)C)[C@H](C)O2)[C@@H](C)C(=O)C2=C[C@@H]3[C@@H](C=C[C@@H]4C[C@@H](O[C@@H]5O[C@H](C)[C@H](OC)[C@H](OC)[C@@H]5OC)C[C@@H]34)[C@@H]2CC(=O)O1. The molecule has 3 aliphatic carbocycles. The van der Waals surface area contributed by atoms with Gasteiger partial charge in [0, 0.05) is 39.2 Å². The van der Waals surface area contributed by atoms with Crippen molar-refractivity contribution in [3.63, 3.8) is 0 Å². The summed E-state index contributed by atoms with van der Waals surface area (Å²) >= 11 is 0. The number of nitrogens with zero attached hydrogens (tertiary/aromatic N) is 1. The molecule has 294 valence electrons. The number of carbonyl (C=O) groups excluding carboxylic acids is 2. The minimum Gasteiger partial charge on any atom is -0.462 e. The predicted molar refractivity (Wildman–Crippen MR) is 194 cm³/mol. The van der Waals surface area contributed by atoms with Crippen LogP contribution >= 0.6 is 0 Å². The standard InChI is InChI=1S/C41H65NO10/c1-10-26-12-11-13-34(52-36-17-16-33(42(5)6)23(3)48-36)22(2)37(44)32-20-30-28(31(32)21-35(43)50-26)15-14-25-18-27(19-29(25)30)51-41-40(47-9)39(46-8)38(45-7)24(4)49-41/h14-15,20,22-31,33-34,36,38-41H,10-13,16-19,21H2,1-9H3/t22-,23+,24-,25-,26-,27-,28-,29-,30-,31+,33+,34+,36-,38+,39+,40+,41+/m1/s1. The number of cyclic esters (lactones) is 1. The molecule has 3 saturated heterocycles. The van der Waals surface area contributed by atoms with Crippen molar-refractivity contribution in [2.24, 2.45) is 35.5 Å². The third-order valence-corrected chi connectivity index (χ3v) is 13.3. The molecule has 0 aromatic rings. The quantitative estimate of drug-likeness (QED) is 0.222. The smallest absolute Gasteiger partial charge is 0.306 e. The minimum atomic E-state index is -0.594.